The monoisotopic (exact) mass is 516 g/mol. The Kier molecular flexibility index (Phi) is 8.24. The van der Waals surface area contributed by atoms with Crippen LogP contribution in [0, 0.1) is 0 Å². The van der Waals surface area contributed by atoms with Gasteiger partial charge in [-0.2, -0.15) is 5.10 Å². The predicted molar refractivity (Wildman–Crippen MR) is 125 cm³/mol. The molecule has 0 aliphatic rings. The highest BCUT2D eigenvalue weighted by Crippen LogP contribution is 2.36. The van der Waals surface area contributed by atoms with Crippen LogP contribution in [-0.2, 0) is 4.79 Å². The zero-order chi connectivity index (χ0) is 22.9. The fourth-order valence-electron chi connectivity index (χ4n) is 2.53. The van der Waals surface area contributed by atoms with Crippen molar-refractivity contribution in [3.05, 3.63) is 87.4 Å². The number of halogens is 2. The minimum absolute atomic E-state index is 0.208. The smallest absolute Gasteiger partial charge is 0.343 e. The number of esters is 1. The molecule has 0 radical (unpaired) electrons. The lowest BCUT2D eigenvalue weighted by Gasteiger charge is -2.12. The second-order valence-corrected chi connectivity index (χ2v) is 7.62. The van der Waals surface area contributed by atoms with E-state index in [0.29, 0.717) is 32.1 Å². The topological polar surface area (TPSA) is 86.2 Å². The van der Waals surface area contributed by atoms with Crippen LogP contribution < -0.4 is 19.6 Å². The van der Waals surface area contributed by atoms with E-state index < -0.39 is 11.9 Å². The van der Waals surface area contributed by atoms with Crippen LogP contribution in [0.3, 0.4) is 0 Å². The predicted octanol–water partition coefficient (Wildman–Crippen LogP) is 4.86. The van der Waals surface area contributed by atoms with Crippen LogP contribution in [0.1, 0.15) is 15.9 Å². The first-order valence-corrected chi connectivity index (χ1v) is 10.5. The molecule has 1 N–H and O–H groups in total. The van der Waals surface area contributed by atoms with Gasteiger partial charge >= 0.3 is 5.97 Å². The van der Waals surface area contributed by atoms with Gasteiger partial charge in [0.2, 0.25) is 0 Å². The largest absolute Gasteiger partial charge is 0.493 e. The Labute approximate surface area is 198 Å². The number of nitrogens with one attached hydrogen (secondary N) is 1. The maximum absolute atomic E-state index is 12.4. The molecule has 3 rings (SSSR count). The molecule has 0 bridgehead atoms. The maximum atomic E-state index is 12.4. The molecule has 3 aromatic carbocycles. The fourth-order valence-corrected chi connectivity index (χ4v) is 3.20. The average molecular weight is 518 g/mol. The second kappa shape index (κ2) is 11.3. The first-order chi connectivity index (χ1) is 15.5. The van der Waals surface area contributed by atoms with Gasteiger partial charge in [0.05, 0.1) is 23.4 Å². The summed E-state index contributed by atoms with van der Waals surface area (Å²) in [5, 5.41) is 4.49. The summed E-state index contributed by atoms with van der Waals surface area (Å²) < 4.78 is 16.7. The van der Waals surface area contributed by atoms with Gasteiger partial charge in [0.1, 0.15) is 5.75 Å². The quantitative estimate of drug-likeness (QED) is 0.200. The van der Waals surface area contributed by atoms with Gasteiger partial charge < -0.3 is 14.2 Å². The van der Waals surface area contributed by atoms with Crippen molar-refractivity contribution >= 4 is 45.6 Å². The zero-order valence-corrected chi connectivity index (χ0v) is 19.2. The van der Waals surface area contributed by atoms with E-state index in [0.717, 1.165) is 0 Å². The summed E-state index contributed by atoms with van der Waals surface area (Å²) in [6.45, 7) is -0.208. The molecule has 0 spiro atoms. The van der Waals surface area contributed by atoms with Crippen molar-refractivity contribution in [2.75, 3.05) is 13.7 Å². The van der Waals surface area contributed by atoms with Crippen LogP contribution in [-0.4, -0.2) is 31.8 Å². The van der Waals surface area contributed by atoms with Gasteiger partial charge in [0, 0.05) is 5.02 Å². The number of carbonyl (C=O) groups is 2. The summed E-state index contributed by atoms with van der Waals surface area (Å²) in [7, 11) is 1.46. The van der Waals surface area contributed by atoms with E-state index in [1.165, 1.54) is 13.3 Å². The number of benzene rings is 3. The number of rotatable bonds is 8. The molecule has 7 nitrogen and oxygen atoms in total. The summed E-state index contributed by atoms with van der Waals surface area (Å²) in [6.07, 6.45) is 1.43. The molecule has 0 saturated heterocycles. The highest BCUT2D eigenvalue weighted by Gasteiger charge is 2.16. The molecule has 0 aliphatic carbocycles. The van der Waals surface area contributed by atoms with E-state index in [-0.39, 0.29) is 12.4 Å². The Morgan fingerprint density at radius 2 is 1.81 bits per heavy atom. The molecule has 0 aromatic heterocycles. The lowest BCUT2D eigenvalue weighted by atomic mass is 10.2. The molecule has 0 fully saturated rings. The number of hydrazone groups is 1. The average Bonchev–Trinajstić information content (AvgIpc) is 2.80. The van der Waals surface area contributed by atoms with E-state index in [4.69, 9.17) is 25.8 Å². The maximum Gasteiger partial charge on any atom is 0.343 e. The van der Waals surface area contributed by atoms with Crippen LogP contribution >= 0.6 is 27.5 Å². The van der Waals surface area contributed by atoms with E-state index in [1.54, 1.807) is 60.7 Å². The van der Waals surface area contributed by atoms with E-state index in [9.17, 15) is 9.59 Å². The molecule has 0 aliphatic heterocycles. The van der Waals surface area contributed by atoms with Crippen molar-refractivity contribution in [2.24, 2.45) is 5.10 Å². The van der Waals surface area contributed by atoms with Gasteiger partial charge in [0.25, 0.3) is 5.91 Å². The Balaban J connectivity index is 1.61. The molecule has 0 atom stereocenters. The Morgan fingerprint density at radius 1 is 1.09 bits per heavy atom. The van der Waals surface area contributed by atoms with Crippen molar-refractivity contribution < 1.29 is 23.8 Å². The molecule has 0 saturated carbocycles. The van der Waals surface area contributed by atoms with E-state index >= 15 is 0 Å². The number of methoxy groups -OCH3 is 1. The minimum Gasteiger partial charge on any atom is -0.493 e. The van der Waals surface area contributed by atoms with Crippen molar-refractivity contribution in [1.82, 2.24) is 5.43 Å². The fraction of sp³-hybridized carbons (Fsp3) is 0.0870. The summed E-state index contributed by atoms with van der Waals surface area (Å²) in [5.41, 5.74) is 3.39. The molecule has 32 heavy (non-hydrogen) atoms. The molecule has 1 amide bonds. The number of carbonyl (C=O) groups excluding carboxylic acids is 2. The Morgan fingerprint density at radius 3 is 2.50 bits per heavy atom. The molecule has 164 valence electrons. The summed E-state index contributed by atoms with van der Waals surface area (Å²) in [4.78, 5) is 24.3. The van der Waals surface area contributed by atoms with Crippen LogP contribution in [0.25, 0.3) is 0 Å². The van der Waals surface area contributed by atoms with Gasteiger partial charge in [-0.3, -0.25) is 4.79 Å². The molecule has 3 aromatic rings. The Hall–Kier alpha value is -3.36. The van der Waals surface area contributed by atoms with Crippen molar-refractivity contribution in [1.29, 1.82) is 0 Å². The molecular formula is C23H18BrClN2O5. The standard InChI is InChI=1S/C23H18BrClN2O5/c1-30-20-12-15(11-19(24)22(20)32-23(29)16-5-3-2-4-6-16)13-26-27-21(28)14-31-18-9-7-17(25)8-10-18/h2-13H,14H2,1H3,(H,27,28)/b26-13-. The van der Waals surface area contributed by atoms with Crippen LogP contribution in [0.4, 0.5) is 0 Å². The van der Waals surface area contributed by atoms with Gasteiger partial charge in [0.15, 0.2) is 18.1 Å². The lowest BCUT2D eigenvalue weighted by molar-refractivity contribution is -0.123. The third-order valence-corrected chi connectivity index (χ3v) is 4.88. The highest BCUT2D eigenvalue weighted by atomic mass is 79.9. The first kappa shape index (κ1) is 23.3. The number of hydrogen-bond acceptors (Lipinski definition) is 6. The molecule has 0 unspecified atom stereocenters. The SMILES string of the molecule is COc1cc(/C=N\NC(=O)COc2ccc(Cl)cc2)cc(Br)c1OC(=O)c1ccccc1. The first-order valence-electron chi connectivity index (χ1n) is 9.31. The van der Waals surface area contributed by atoms with E-state index in [2.05, 4.69) is 26.5 Å². The van der Waals surface area contributed by atoms with E-state index in [1.807, 2.05) is 6.07 Å². The lowest BCUT2D eigenvalue weighted by Crippen LogP contribution is -2.24. The van der Waals surface area contributed by atoms with Crippen molar-refractivity contribution in [3.8, 4) is 17.2 Å². The van der Waals surface area contributed by atoms with Crippen LogP contribution in [0.15, 0.2) is 76.3 Å². The van der Waals surface area contributed by atoms with Gasteiger partial charge in [-0.05, 0) is 70.0 Å². The summed E-state index contributed by atoms with van der Waals surface area (Å²) in [5.74, 6) is 0.124. The van der Waals surface area contributed by atoms with Crippen molar-refractivity contribution in [2.45, 2.75) is 0 Å². The number of nitrogens with zero attached hydrogens (tertiary/aromatic N) is 1. The highest BCUT2D eigenvalue weighted by molar-refractivity contribution is 9.10. The number of hydrogen-bond donors (Lipinski definition) is 1. The Bertz CT molecular complexity index is 1120. The third kappa shape index (κ3) is 6.57. The summed E-state index contributed by atoms with van der Waals surface area (Å²) >= 11 is 9.19. The molecule has 0 heterocycles. The normalized spacial score (nSPS) is 10.6. The second-order valence-electron chi connectivity index (χ2n) is 6.33. The number of ether oxygens (including phenoxy) is 3. The van der Waals surface area contributed by atoms with Crippen LogP contribution in [0.2, 0.25) is 5.02 Å². The molecule has 9 heteroatoms. The minimum atomic E-state index is -0.515. The van der Waals surface area contributed by atoms with Gasteiger partial charge in [-0.1, -0.05) is 29.8 Å². The van der Waals surface area contributed by atoms with Gasteiger partial charge in [-0.15, -0.1) is 0 Å². The zero-order valence-electron chi connectivity index (χ0n) is 16.9. The van der Waals surface area contributed by atoms with Crippen molar-refractivity contribution in [3.63, 3.8) is 0 Å². The molecular weight excluding hydrogens is 500 g/mol. The summed E-state index contributed by atoms with van der Waals surface area (Å²) in [6, 6.07) is 18.6. The van der Waals surface area contributed by atoms with Crippen LogP contribution in [0.5, 0.6) is 17.2 Å². The van der Waals surface area contributed by atoms with Gasteiger partial charge in [-0.25, -0.2) is 10.2 Å². The number of amides is 1. The third-order valence-electron chi connectivity index (χ3n) is 4.04.